The third kappa shape index (κ3) is 3.15. The molecule has 2 N–H and O–H groups in total. The number of carbonyl (C=O) groups is 2. The Morgan fingerprint density at radius 2 is 1.77 bits per heavy atom. The van der Waals surface area contributed by atoms with Crippen LogP contribution in [0.1, 0.15) is 42.4 Å². The summed E-state index contributed by atoms with van der Waals surface area (Å²) < 4.78 is 16.3. The third-order valence-corrected chi connectivity index (χ3v) is 6.51. The molecular weight excluding hydrogens is 432 g/mol. The van der Waals surface area contributed by atoms with Crippen molar-refractivity contribution in [1.82, 2.24) is 4.57 Å². The van der Waals surface area contributed by atoms with E-state index in [0.717, 1.165) is 6.07 Å². The Balaban J connectivity index is 2.44. The molecule has 0 saturated carbocycles. The van der Waals surface area contributed by atoms with E-state index >= 15 is 4.39 Å². The number of aliphatic carboxylic acids is 1. The number of hydrogen-bond acceptors (Lipinski definition) is 3. The van der Waals surface area contributed by atoms with Gasteiger partial charge in [0, 0.05) is 22.2 Å². The maximum absolute atomic E-state index is 15.1. The number of phenolic OH excluding ortho intramolecular Hbond substituents is 1. The summed E-state index contributed by atoms with van der Waals surface area (Å²) in [6.45, 7) is 6.46. The molecule has 0 aliphatic rings. The Kier molecular flexibility index (Phi) is 5.60. The van der Waals surface area contributed by atoms with Crippen LogP contribution in [-0.4, -0.2) is 26.7 Å². The second-order valence-corrected chi connectivity index (χ2v) is 8.50. The number of phenols is 1. The highest BCUT2D eigenvalue weighted by atomic mass is 35.5. The van der Waals surface area contributed by atoms with E-state index in [1.807, 2.05) is 0 Å². The third-order valence-electron chi connectivity index (χ3n) is 5.78. The Labute approximate surface area is 182 Å². The molecular formula is C22H20Cl2FNO4. The van der Waals surface area contributed by atoms with Crippen molar-refractivity contribution in [2.75, 3.05) is 0 Å². The maximum atomic E-state index is 15.1. The zero-order chi connectivity index (χ0) is 22.5. The number of carboxylic acids is 1. The Hall–Kier alpha value is -2.57. The van der Waals surface area contributed by atoms with Gasteiger partial charge in [0.1, 0.15) is 0 Å². The van der Waals surface area contributed by atoms with Gasteiger partial charge in [-0.1, -0.05) is 37.0 Å². The fourth-order valence-electron chi connectivity index (χ4n) is 3.75. The van der Waals surface area contributed by atoms with Gasteiger partial charge < -0.3 is 10.2 Å². The fourth-order valence-corrected chi connectivity index (χ4v) is 4.05. The first-order valence-corrected chi connectivity index (χ1v) is 9.94. The van der Waals surface area contributed by atoms with Crippen molar-refractivity contribution >= 4 is 46.0 Å². The average Bonchev–Trinajstić information content (AvgIpc) is 2.98. The molecule has 0 spiro atoms. The molecule has 1 atom stereocenters. The van der Waals surface area contributed by atoms with Gasteiger partial charge in [0.25, 0.3) is 5.91 Å². The Morgan fingerprint density at radius 1 is 1.13 bits per heavy atom. The van der Waals surface area contributed by atoms with Crippen molar-refractivity contribution in [3.63, 3.8) is 0 Å². The second-order valence-electron chi connectivity index (χ2n) is 7.68. The standard InChI is InChI=1S/C22H20Cl2FNO4/c1-10(2)22(4,21(29)30)18-11(3)26(15-7-8-16(27)19(25)17(15)18)20(28)12-5-6-13(23)14(24)9-12/h5-10,27H,1-4H3,(H,29,30)/t22-/m1/s1. The monoisotopic (exact) mass is 451 g/mol. The Bertz CT molecular complexity index is 1200. The van der Waals surface area contributed by atoms with E-state index in [1.54, 1.807) is 20.8 Å². The minimum Gasteiger partial charge on any atom is -0.505 e. The fraction of sp³-hybridized carbons (Fsp3) is 0.273. The zero-order valence-corrected chi connectivity index (χ0v) is 18.3. The van der Waals surface area contributed by atoms with Crippen LogP contribution in [0.15, 0.2) is 30.3 Å². The minimum atomic E-state index is -1.51. The number of benzene rings is 2. The first-order valence-electron chi connectivity index (χ1n) is 9.19. The van der Waals surface area contributed by atoms with Gasteiger partial charge in [-0.3, -0.25) is 14.2 Å². The average molecular weight is 452 g/mol. The van der Waals surface area contributed by atoms with E-state index in [2.05, 4.69) is 0 Å². The highest BCUT2D eigenvalue weighted by Crippen LogP contribution is 2.43. The van der Waals surface area contributed by atoms with Crippen LogP contribution in [0.3, 0.4) is 0 Å². The number of carbonyl (C=O) groups excluding carboxylic acids is 1. The molecule has 158 valence electrons. The lowest BCUT2D eigenvalue weighted by molar-refractivity contribution is -0.145. The molecule has 3 aromatic rings. The van der Waals surface area contributed by atoms with Gasteiger partial charge in [-0.15, -0.1) is 0 Å². The van der Waals surface area contributed by atoms with E-state index in [4.69, 9.17) is 23.2 Å². The normalized spacial score (nSPS) is 13.6. The number of aromatic nitrogens is 1. The molecule has 0 bridgehead atoms. The number of nitrogens with zero attached hydrogens (tertiary/aromatic N) is 1. The predicted octanol–water partition coefficient (Wildman–Crippen LogP) is 5.79. The molecule has 0 radical (unpaired) electrons. The van der Waals surface area contributed by atoms with Gasteiger partial charge in [0.2, 0.25) is 0 Å². The molecule has 2 aromatic carbocycles. The highest BCUT2D eigenvalue weighted by molar-refractivity contribution is 6.42. The van der Waals surface area contributed by atoms with Crippen molar-refractivity contribution in [2.24, 2.45) is 5.92 Å². The minimum absolute atomic E-state index is 0.0977. The van der Waals surface area contributed by atoms with Crippen LogP contribution < -0.4 is 0 Å². The summed E-state index contributed by atoms with van der Waals surface area (Å²) in [7, 11) is 0. The number of hydrogen-bond donors (Lipinski definition) is 2. The lowest BCUT2D eigenvalue weighted by atomic mass is 9.72. The first-order chi connectivity index (χ1) is 13.9. The smallest absolute Gasteiger partial charge is 0.314 e. The molecule has 0 saturated heterocycles. The van der Waals surface area contributed by atoms with E-state index in [1.165, 1.54) is 35.8 Å². The topological polar surface area (TPSA) is 79.5 Å². The molecule has 3 rings (SSSR count). The van der Waals surface area contributed by atoms with Gasteiger partial charge >= 0.3 is 5.97 Å². The molecule has 0 aliphatic carbocycles. The molecule has 8 heteroatoms. The largest absolute Gasteiger partial charge is 0.505 e. The van der Waals surface area contributed by atoms with E-state index in [9.17, 15) is 19.8 Å². The highest BCUT2D eigenvalue weighted by Gasteiger charge is 2.44. The quantitative estimate of drug-likeness (QED) is 0.526. The molecule has 0 fully saturated rings. The summed E-state index contributed by atoms with van der Waals surface area (Å²) in [6, 6.07) is 6.88. The predicted molar refractivity (Wildman–Crippen MR) is 114 cm³/mol. The molecule has 0 aliphatic heterocycles. The summed E-state index contributed by atoms with van der Waals surface area (Å²) in [4.78, 5) is 25.6. The number of rotatable bonds is 4. The number of carboxylic acid groups (broad SMARTS) is 1. The van der Waals surface area contributed by atoms with Gasteiger partial charge in [0.15, 0.2) is 11.6 Å². The number of halogens is 3. The van der Waals surface area contributed by atoms with Crippen molar-refractivity contribution in [2.45, 2.75) is 33.1 Å². The lowest BCUT2D eigenvalue weighted by Crippen LogP contribution is -2.38. The summed E-state index contributed by atoms with van der Waals surface area (Å²) >= 11 is 12.0. The summed E-state index contributed by atoms with van der Waals surface area (Å²) in [5, 5.41) is 20.3. The Morgan fingerprint density at radius 3 is 2.30 bits per heavy atom. The van der Waals surface area contributed by atoms with Crippen molar-refractivity contribution in [1.29, 1.82) is 0 Å². The molecule has 0 unspecified atom stereocenters. The van der Waals surface area contributed by atoms with Gasteiger partial charge in [0.05, 0.1) is 21.0 Å². The van der Waals surface area contributed by atoms with Crippen LogP contribution in [-0.2, 0) is 10.2 Å². The van der Waals surface area contributed by atoms with Crippen molar-refractivity contribution in [3.05, 3.63) is 63.0 Å². The number of aromatic hydroxyl groups is 1. The number of fused-ring (bicyclic) bond motifs is 1. The lowest BCUT2D eigenvalue weighted by Gasteiger charge is -2.30. The SMILES string of the molecule is Cc1c([C@](C)(C(=O)O)C(C)C)c2c(F)c(O)ccc2n1C(=O)c1ccc(Cl)c(Cl)c1. The van der Waals surface area contributed by atoms with Crippen LogP contribution in [0.2, 0.25) is 10.0 Å². The van der Waals surface area contributed by atoms with Gasteiger partial charge in [-0.25, -0.2) is 4.39 Å². The van der Waals surface area contributed by atoms with Crippen LogP contribution >= 0.6 is 23.2 Å². The van der Waals surface area contributed by atoms with E-state index in [0.29, 0.717) is 0 Å². The molecule has 1 heterocycles. The van der Waals surface area contributed by atoms with Gasteiger partial charge in [-0.2, -0.15) is 0 Å². The molecule has 30 heavy (non-hydrogen) atoms. The molecule has 0 amide bonds. The molecule has 5 nitrogen and oxygen atoms in total. The van der Waals surface area contributed by atoms with Crippen molar-refractivity contribution in [3.8, 4) is 5.75 Å². The maximum Gasteiger partial charge on any atom is 0.314 e. The van der Waals surface area contributed by atoms with Crippen LogP contribution in [0.5, 0.6) is 5.75 Å². The van der Waals surface area contributed by atoms with Crippen LogP contribution in [0.25, 0.3) is 10.9 Å². The second kappa shape index (κ2) is 7.60. The zero-order valence-electron chi connectivity index (χ0n) is 16.8. The first kappa shape index (κ1) is 22.1. The summed E-state index contributed by atoms with van der Waals surface area (Å²) in [6.07, 6.45) is 0. The van der Waals surface area contributed by atoms with Crippen LogP contribution in [0, 0.1) is 18.7 Å². The summed E-state index contributed by atoms with van der Waals surface area (Å²) in [5.41, 5.74) is -0.751. The van der Waals surface area contributed by atoms with Crippen molar-refractivity contribution < 1.29 is 24.2 Å². The van der Waals surface area contributed by atoms with E-state index in [-0.39, 0.29) is 37.8 Å². The molecule has 1 aromatic heterocycles. The van der Waals surface area contributed by atoms with E-state index < -0.39 is 34.8 Å². The van der Waals surface area contributed by atoms with Crippen LogP contribution in [0.4, 0.5) is 4.39 Å². The van der Waals surface area contributed by atoms with Gasteiger partial charge in [-0.05, 0) is 50.1 Å². The summed E-state index contributed by atoms with van der Waals surface area (Å²) in [5.74, 6) is -3.72.